The molecule has 3 heterocycles. The first-order chi connectivity index (χ1) is 14.7. The van der Waals surface area contributed by atoms with Gasteiger partial charge in [-0.2, -0.15) is 0 Å². The molecule has 0 radical (unpaired) electrons. The van der Waals surface area contributed by atoms with Crippen molar-refractivity contribution in [2.24, 2.45) is 0 Å². The minimum absolute atomic E-state index is 0.0794. The first kappa shape index (κ1) is 22.6. The third kappa shape index (κ3) is 4.97. The van der Waals surface area contributed by atoms with E-state index in [0.29, 0.717) is 32.3 Å². The van der Waals surface area contributed by atoms with Crippen molar-refractivity contribution in [2.45, 2.75) is 33.7 Å². The normalized spacial score (nSPS) is 12.2. The van der Waals surface area contributed by atoms with Gasteiger partial charge >= 0.3 is 5.97 Å². The van der Waals surface area contributed by atoms with Crippen LogP contribution >= 0.6 is 11.3 Å². The molecule has 0 aromatic carbocycles. The monoisotopic (exact) mass is 443 g/mol. The summed E-state index contributed by atoms with van der Waals surface area (Å²) < 4.78 is 5.07. The standard InChI is InChI=1S/C21H25N5O4S/c1-6-30-21(29)17-12(3)16-19(28)24-18(25-20(16)31-17)13(4)26(5)10-15(27)23-14-9-7-8-11(2)22-14/h7-9,13H,6,10H2,1-5H3,(H,22,23,27)(H,24,25,28). The number of hydrogen-bond acceptors (Lipinski definition) is 8. The van der Waals surface area contributed by atoms with Crippen molar-refractivity contribution in [1.29, 1.82) is 0 Å². The van der Waals surface area contributed by atoms with Crippen LogP contribution in [0.3, 0.4) is 0 Å². The zero-order chi connectivity index (χ0) is 22.7. The molecular weight excluding hydrogens is 418 g/mol. The van der Waals surface area contributed by atoms with Gasteiger partial charge in [0, 0.05) is 5.69 Å². The lowest BCUT2D eigenvalue weighted by Gasteiger charge is -2.23. The van der Waals surface area contributed by atoms with Gasteiger partial charge in [0.05, 0.1) is 24.6 Å². The van der Waals surface area contributed by atoms with E-state index in [4.69, 9.17) is 4.74 Å². The summed E-state index contributed by atoms with van der Waals surface area (Å²) >= 11 is 1.13. The number of hydrogen-bond donors (Lipinski definition) is 2. The number of rotatable bonds is 7. The molecule has 31 heavy (non-hydrogen) atoms. The van der Waals surface area contributed by atoms with Gasteiger partial charge < -0.3 is 15.0 Å². The van der Waals surface area contributed by atoms with Crippen LogP contribution in [-0.2, 0) is 9.53 Å². The summed E-state index contributed by atoms with van der Waals surface area (Å²) in [6, 6.07) is 5.05. The molecule has 1 atom stereocenters. The number of aromatic amines is 1. The lowest BCUT2D eigenvalue weighted by molar-refractivity contribution is -0.117. The van der Waals surface area contributed by atoms with E-state index >= 15 is 0 Å². The highest BCUT2D eigenvalue weighted by Gasteiger charge is 2.23. The molecule has 10 heteroatoms. The van der Waals surface area contributed by atoms with Crippen LogP contribution in [-0.4, -0.2) is 51.9 Å². The molecule has 2 N–H and O–H groups in total. The largest absolute Gasteiger partial charge is 0.462 e. The molecule has 3 aromatic rings. The SMILES string of the molecule is CCOC(=O)c1sc2nc(C(C)N(C)CC(=O)Nc3cccc(C)n3)[nH]c(=O)c2c1C. The van der Waals surface area contributed by atoms with Crippen molar-refractivity contribution in [1.82, 2.24) is 19.9 Å². The zero-order valence-electron chi connectivity index (χ0n) is 18.1. The number of aromatic nitrogens is 3. The molecule has 0 spiro atoms. The van der Waals surface area contributed by atoms with Crippen LogP contribution in [0.25, 0.3) is 10.2 Å². The van der Waals surface area contributed by atoms with E-state index in [1.807, 2.05) is 26.0 Å². The first-order valence-corrected chi connectivity index (χ1v) is 10.7. The van der Waals surface area contributed by atoms with Crippen LogP contribution in [0, 0.1) is 13.8 Å². The molecular formula is C21H25N5O4S. The van der Waals surface area contributed by atoms with E-state index in [-0.39, 0.29) is 30.7 Å². The fourth-order valence-corrected chi connectivity index (χ4v) is 4.20. The number of likely N-dealkylation sites (N-methyl/N-ethyl adjacent to an activating group) is 1. The fraction of sp³-hybridized carbons (Fsp3) is 0.381. The molecule has 0 saturated carbocycles. The Morgan fingerprint density at radius 3 is 2.71 bits per heavy atom. The molecule has 0 bridgehead atoms. The van der Waals surface area contributed by atoms with E-state index in [1.165, 1.54) is 0 Å². The van der Waals surface area contributed by atoms with E-state index in [2.05, 4.69) is 20.3 Å². The van der Waals surface area contributed by atoms with E-state index in [0.717, 1.165) is 17.0 Å². The van der Waals surface area contributed by atoms with E-state index in [1.54, 1.807) is 31.9 Å². The van der Waals surface area contributed by atoms with Gasteiger partial charge in [-0.3, -0.25) is 14.5 Å². The third-order valence-corrected chi connectivity index (χ3v) is 6.05. The highest BCUT2D eigenvalue weighted by atomic mass is 32.1. The minimum Gasteiger partial charge on any atom is -0.462 e. The van der Waals surface area contributed by atoms with Crippen LogP contribution in [0.1, 0.15) is 46.6 Å². The van der Waals surface area contributed by atoms with E-state index in [9.17, 15) is 14.4 Å². The summed E-state index contributed by atoms with van der Waals surface area (Å²) in [5, 5.41) is 3.15. The van der Waals surface area contributed by atoms with Crippen LogP contribution in [0.4, 0.5) is 5.82 Å². The maximum atomic E-state index is 12.7. The highest BCUT2D eigenvalue weighted by Crippen LogP contribution is 2.28. The number of thiophene rings is 1. The molecule has 0 aliphatic rings. The van der Waals surface area contributed by atoms with Crippen molar-refractivity contribution < 1.29 is 14.3 Å². The number of nitrogens with one attached hydrogen (secondary N) is 2. The number of H-pyrrole nitrogens is 1. The Hall–Kier alpha value is -3.11. The Morgan fingerprint density at radius 1 is 1.29 bits per heavy atom. The molecule has 9 nitrogen and oxygen atoms in total. The summed E-state index contributed by atoms with van der Waals surface area (Å²) in [5.41, 5.74) is 1.05. The summed E-state index contributed by atoms with van der Waals surface area (Å²) in [6.45, 7) is 7.46. The number of fused-ring (bicyclic) bond motifs is 1. The van der Waals surface area contributed by atoms with Crippen molar-refractivity contribution in [3.63, 3.8) is 0 Å². The average molecular weight is 444 g/mol. The summed E-state index contributed by atoms with van der Waals surface area (Å²) in [4.78, 5) is 51.5. The zero-order valence-corrected chi connectivity index (χ0v) is 18.9. The quantitative estimate of drug-likeness (QED) is 0.539. The second-order valence-corrected chi connectivity index (χ2v) is 8.21. The third-order valence-electron chi connectivity index (χ3n) is 4.89. The number of nitrogens with zero attached hydrogens (tertiary/aromatic N) is 3. The van der Waals surface area contributed by atoms with Gasteiger partial charge in [-0.25, -0.2) is 14.8 Å². The Kier molecular flexibility index (Phi) is 6.81. The lowest BCUT2D eigenvalue weighted by atomic mass is 10.2. The predicted octanol–water partition coefficient (Wildman–Crippen LogP) is 2.80. The van der Waals surface area contributed by atoms with Gasteiger partial charge in [0.2, 0.25) is 5.91 Å². The smallest absolute Gasteiger partial charge is 0.348 e. The number of amides is 1. The highest BCUT2D eigenvalue weighted by molar-refractivity contribution is 7.20. The minimum atomic E-state index is -0.462. The van der Waals surface area contributed by atoms with E-state index < -0.39 is 5.97 Å². The molecule has 3 aromatic heterocycles. The maximum Gasteiger partial charge on any atom is 0.348 e. The second kappa shape index (κ2) is 9.36. The van der Waals surface area contributed by atoms with Gasteiger partial charge in [0.15, 0.2) is 0 Å². The average Bonchev–Trinajstić information content (AvgIpc) is 3.04. The molecule has 3 rings (SSSR count). The topological polar surface area (TPSA) is 117 Å². The maximum absolute atomic E-state index is 12.7. The fourth-order valence-electron chi connectivity index (χ4n) is 3.12. The van der Waals surface area contributed by atoms with Gasteiger partial charge in [-0.1, -0.05) is 6.07 Å². The Morgan fingerprint density at radius 2 is 2.03 bits per heavy atom. The Labute approximate surface area is 183 Å². The van der Waals surface area contributed by atoms with Crippen molar-refractivity contribution in [2.75, 3.05) is 25.5 Å². The van der Waals surface area contributed by atoms with Gasteiger partial charge in [-0.05, 0) is 52.4 Å². The number of carbonyl (C=O) groups is 2. The van der Waals surface area contributed by atoms with Crippen LogP contribution in [0.2, 0.25) is 0 Å². The Balaban J connectivity index is 1.79. The number of esters is 1. The predicted molar refractivity (Wildman–Crippen MR) is 120 cm³/mol. The number of anilines is 1. The van der Waals surface area contributed by atoms with Crippen molar-refractivity contribution >= 4 is 39.2 Å². The molecule has 164 valence electrons. The molecule has 0 saturated heterocycles. The van der Waals surface area contributed by atoms with Gasteiger partial charge in [-0.15, -0.1) is 11.3 Å². The molecule has 1 unspecified atom stereocenters. The second-order valence-electron chi connectivity index (χ2n) is 7.21. The van der Waals surface area contributed by atoms with Gasteiger partial charge in [0.25, 0.3) is 5.56 Å². The number of ether oxygens (including phenoxy) is 1. The molecule has 1 amide bonds. The molecule has 0 fully saturated rings. The molecule has 0 aliphatic carbocycles. The van der Waals surface area contributed by atoms with Gasteiger partial charge in [0.1, 0.15) is 21.3 Å². The van der Waals surface area contributed by atoms with Crippen molar-refractivity contribution in [3.05, 3.63) is 50.5 Å². The Bertz CT molecular complexity index is 1190. The molecule has 0 aliphatic heterocycles. The summed E-state index contributed by atoms with van der Waals surface area (Å²) in [7, 11) is 1.77. The number of carbonyl (C=O) groups excluding carboxylic acids is 2. The summed E-state index contributed by atoms with van der Waals surface area (Å²) in [6.07, 6.45) is 0. The summed E-state index contributed by atoms with van der Waals surface area (Å²) in [5.74, 6) is 0.209. The first-order valence-electron chi connectivity index (χ1n) is 9.85. The number of aryl methyl sites for hydroxylation is 2. The van der Waals surface area contributed by atoms with Crippen molar-refractivity contribution in [3.8, 4) is 0 Å². The van der Waals surface area contributed by atoms with Crippen LogP contribution in [0.5, 0.6) is 0 Å². The lowest BCUT2D eigenvalue weighted by Crippen LogP contribution is -2.33. The van der Waals surface area contributed by atoms with Crippen LogP contribution in [0.15, 0.2) is 23.0 Å². The number of pyridine rings is 1. The van der Waals surface area contributed by atoms with Crippen LogP contribution < -0.4 is 10.9 Å².